The Hall–Kier alpha value is -2.76. The summed E-state index contributed by atoms with van der Waals surface area (Å²) in [6.45, 7) is 0. The van der Waals surface area contributed by atoms with Crippen molar-refractivity contribution < 1.29 is 13.6 Å². The first-order valence-corrected chi connectivity index (χ1v) is 6.22. The monoisotopic (exact) mass is 287 g/mol. The topological polar surface area (TPSA) is 46.9 Å². The molecule has 0 atom stereocenters. The second kappa shape index (κ2) is 4.97. The van der Waals surface area contributed by atoms with E-state index in [1.165, 1.54) is 6.07 Å². The number of fused-ring (bicyclic) bond motifs is 1. The average Bonchev–Trinajstić information content (AvgIpc) is 2.84. The van der Waals surface area contributed by atoms with Crippen molar-refractivity contribution in [3.63, 3.8) is 0 Å². The Morgan fingerprint density at radius 1 is 1.14 bits per heavy atom. The van der Waals surface area contributed by atoms with Gasteiger partial charge in [0.25, 0.3) is 5.91 Å². The first-order chi connectivity index (χ1) is 10.0. The minimum atomic E-state index is -1.01. The molecule has 0 aliphatic carbocycles. The van der Waals surface area contributed by atoms with Crippen molar-refractivity contribution in [2.24, 2.45) is 7.05 Å². The lowest BCUT2D eigenvalue weighted by molar-refractivity contribution is 0.102. The summed E-state index contributed by atoms with van der Waals surface area (Å²) in [6.07, 6.45) is 1.65. The molecule has 2 aromatic carbocycles. The molecular weight excluding hydrogens is 276 g/mol. The van der Waals surface area contributed by atoms with Crippen LogP contribution in [0, 0.1) is 11.6 Å². The summed E-state index contributed by atoms with van der Waals surface area (Å²) in [6, 6.07) is 8.28. The molecule has 106 valence electrons. The zero-order valence-electron chi connectivity index (χ0n) is 11.1. The van der Waals surface area contributed by atoms with Crippen molar-refractivity contribution in [1.82, 2.24) is 9.55 Å². The van der Waals surface area contributed by atoms with Crippen LogP contribution in [0.5, 0.6) is 0 Å². The van der Waals surface area contributed by atoms with Gasteiger partial charge in [0.1, 0.15) is 0 Å². The van der Waals surface area contributed by atoms with E-state index in [0.717, 1.165) is 17.6 Å². The van der Waals surface area contributed by atoms with Crippen LogP contribution in [0.4, 0.5) is 14.5 Å². The quantitative estimate of drug-likeness (QED) is 0.787. The number of benzene rings is 2. The molecule has 0 saturated carbocycles. The van der Waals surface area contributed by atoms with E-state index in [0.29, 0.717) is 11.1 Å². The molecule has 1 aromatic heterocycles. The molecule has 3 aromatic rings. The molecule has 0 saturated heterocycles. The maximum absolute atomic E-state index is 13.1. The molecule has 0 fully saturated rings. The van der Waals surface area contributed by atoms with Gasteiger partial charge in [-0.05, 0) is 30.3 Å². The summed E-state index contributed by atoms with van der Waals surface area (Å²) < 4.78 is 27.8. The highest BCUT2D eigenvalue weighted by Crippen LogP contribution is 2.17. The number of imidazole rings is 1. The van der Waals surface area contributed by atoms with Gasteiger partial charge < -0.3 is 9.88 Å². The highest BCUT2D eigenvalue weighted by atomic mass is 19.2. The van der Waals surface area contributed by atoms with E-state index in [2.05, 4.69) is 10.3 Å². The number of hydrogen-bond donors (Lipinski definition) is 1. The van der Waals surface area contributed by atoms with Crippen LogP contribution in [-0.2, 0) is 7.05 Å². The van der Waals surface area contributed by atoms with Crippen molar-refractivity contribution in [3.8, 4) is 0 Å². The summed E-state index contributed by atoms with van der Waals surface area (Å²) >= 11 is 0. The van der Waals surface area contributed by atoms with Gasteiger partial charge in [-0.15, -0.1) is 0 Å². The number of nitrogens with one attached hydrogen (secondary N) is 1. The fourth-order valence-corrected chi connectivity index (χ4v) is 2.05. The van der Waals surface area contributed by atoms with E-state index in [1.807, 2.05) is 11.6 Å². The average molecular weight is 287 g/mol. The predicted molar refractivity (Wildman–Crippen MR) is 75.0 cm³/mol. The molecule has 0 bridgehead atoms. The number of aryl methyl sites for hydroxylation is 1. The molecule has 1 amide bonds. The number of aromatic nitrogens is 2. The number of amides is 1. The van der Waals surface area contributed by atoms with Crippen LogP contribution in [0.2, 0.25) is 0 Å². The van der Waals surface area contributed by atoms with Crippen molar-refractivity contribution in [3.05, 3.63) is 59.9 Å². The molecule has 4 nitrogen and oxygen atoms in total. The van der Waals surface area contributed by atoms with Gasteiger partial charge in [0, 0.05) is 24.4 Å². The van der Waals surface area contributed by atoms with Crippen LogP contribution in [0.1, 0.15) is 10.4 Å². The molecular formula is C15H11F2N3O. The minimum absolute atomic E-state index is 0.194. The normalized spacial score (nSPS) is 10.8. The zero-order valence-corrected chi connectivity index (χ0v) is 11.1. The Labute approximate surface area is 119 Å². The second-order valence-electron chi connectivity index (χ2n) is 4.64. The summed E-state index contributed by atoms with van der Waals surface area (Å²) in [5.74, 6) is -2.37. The van der Waals surface area contributed by atoms with Gasteiger partial charge in [0.15, 0.2) is 11.6 Å². The summed E-state index contributed by atoms with van der Waals surface area (Å²) in [7, 11) is 1.86. The molecule has 21 heavy (non-hydrogen) atoms. The maximum Gasteiger partial charge on any atom is 0.255 e. The first kappa shape index (κ1) is 13.2. The van der Waals surface area contributed by atoms with Crippen molar-refractivity contribution in [2.45, 2.75) is 0 Å². The number of rotatable bonds is 2. The molecule has 1 N–H and O–H groups in total. The molecule has 6 heteroatoms. The Bertz CT molecular complexity index is 842. The van der Waals surface area contributed by atoms with E-state index in [-0.39, 0.29) is 5.69 Å². The van der Waals surface area contributed by atoms with Gasteiger partial charge >= 0.3 is 0 Å². The number of halogens is 2. The molecule has 0 aliphatic heterocycles. The van der Waals surface area contributed by atoms with E-state index >= 15 is 0 Å². The Morgan fingerprint density at radius 2 is 1.95 bits per heavy atom. The van der Waals surface area contributed by atoms with E-state index < -0.39 is 17.5 Å². The van der Waals surface area contributed by atoms with Gasteiger partial charge in [-0.25, -0.2) is 13.8 Å². The summed E-state index contributed by atoms with van der Waals surface area (Å²) in [4.78, 5) is 16.3. The molecule has 3 rings (SSSR count). The fourth-order valence-electron chi connectivity index (χ4n) is 2.05. The first-order valence-electron chi connectivity index (χ1n) is 6.22. The third-order valence-corrected chi connectivity index (χ3v) is 3.17. The van der Waals surface area contributed by atoms with Crippen LogP contribution in [0.3, 0.4) is 0 Å². The third-order valence-electron chi connectivity index (χ3n) is 3.17. The number of hydrogen-bond acceptors (Lipinski definition) is 2. The van der Waals surface area contributed by atoms with Crippen molar-refractivity contribution in [1.29, 1.82) is 0 Å². The van der Waals surface area contributed by atoms with E-state index in [9.17, 15) is 13.6 Å². The number of carbonyl (C=O) groups excluding carboxylic acids is 1. The highest BCUT2D eigenvalue weighted by Gasteiger charge is 2.10. The van der Waals surface area contributed by atoms with Gasteiger partial charge in [-0.1, -0.05) is 0 Å². The van der Waals surface area contributed by atoms with Gasteiger partial charge in [-0.3, -0.25) is 4.79 Å². The Kier molecular flexibility index (Phi) is 3.13. The second-order valence-corrected chi connectivity index (χ2v) is 4.64. The SMILES string of the molecule is Cn1cnc2cc(C(=O)Nc3ccc(F)c(F)c3)ccc21. The number of carbonyl (C=O) groups is 1. The lowest BCUT2D eigenvalue weighted by Gasteiger charge is -2.06. The summed E-state index contributed by atoms with van der Waals surface area (Å²) in [5, 5.41) is 2.52. The molecule has 0 spiro atoms. The summed E-state index contributed by atoms with van der Waals surface area (Å²) in [5.41, 5.74) is 2.18. The molecule has 0 aliphatic rings. The smallest absolute Gasteiger partial charge is 0.255 e. The van der Waals surface area contributed by atoms with Crippen LogP contribution in [-0.4, -0.2) is 15.5 Å². The third kappa shape index (κ3) is 2.47. The lowest BCUT2D eigenvalue weighted by atomic mass is 10.2. The van der Waals surface area contributed by atoms with Crippen LogP contribution < -0.4 is 5.32 Å². The number of nitrogens with zero attached hydrogens (tertiary/aromatic N) is 2. The zero-order chi connectivity index (χ0) is 15.0. The van der Waals surface area contributed by atoms with Gasteiger partial charge in [0.2, 0.25) is 0 Å². The van der Waals surface area contributed by atoms with Gasteiger partial charge in [-0.2, -0.15) is 0 Å². The Morgan fingerprint density at radius 3 is 2.71 bits per heavy atom. The molecule has 0 unspecified atom stereocenters. The lowest BCUT2D eigenvalue weighted by Crippen LogP contribution is -2.12. The molecule has 1 heterocycles. The van der Waals surface area contributed by atoms with Crippen molar-refractivity contribution in [2.75, 3.05) is 5.32 Å². The predicted octanol–water partition coefficient (Wildman–Crippen LogP) is 3.10. The van der Waals surface area contributed by atoms with Crippen LogP contribution in [0.15, 0.2) is 42.7 Å². The largest absolute Gasteiger partial charge is 0.334 e. The fraction of sp³-hybridized carbons (Fsp3) is 0.0667. The maximum atomic E-state index is 13.1. The van der Waals surface area contributed by atoms with Crippen molar-refractivity contribution >= 4 is 22.6 Å². The van der Waals surface area contributed by atoms with E-state index in [4.69, 9.17) is 0 Å². The Balaban J connectivity index is 1.87. The minimum Gasteiger partial charge on any atom is -0.334 e. The van der Waals surface area contributed by atoms with Crippen LogP contribution in [0.25, 0.3) is 11.0 Å². The number of anilines is 1. The van der Waals surface area contributed by atoms with E-state index in [1.54, 1.807) is 24.5 Å². The van der Waals surface area contributed by atoms with Gasteiger partial charge in [0.05, 0.1) is 17.4 Å². The highest BCUT2D eigenvalue weighted by molar-refractivity contribution is 6.05. The standard InChI is InChI=1S/C15H11F2N3O/c1-20-8-18-13-6-9(2-5-14(13)20)15(21)19-10-3-4-11(16)12(17)7-10/h2-8H,1H3,(H,19,21). The molecule has 0 radical (unpaired) electrons. The van der Waals surface area contributed by atoms with Crippen LogP contribution >= 0.6 is 0 Å².